The highest BCUT2D eigenvalue weighted by Crippen LogP contribution is 2.21. The molecular weight excluding hydrogens is 238 g/mol. The molecule has 92 valence electrons. The molecule has 0 aliphatic rings. The molecular formula is C10H9N5O3. The zero-order valence-corrected chi connectivity index (χ0v) is 9.11. The highest BCUT2D eigenvalue weighted by atomic mass is 16.6. The van der Waals surface area contributed by atoms with Gasteiger partial charge in [0.15, 0.2) is 0 Å². The summed E-state index contributed by atoms with van der Waals surface area (Å²) in [4.78, 5) is 21.1. The van der Waals surface area contributed by atoms with E-state index in [1.807, 2.05) is 0 Å². The third-order valence-corrected chi connectivity index (χ3v) is 2.27. The van der Waals surface area contributed by atoms with Gasteiger partial charge >= 0.3 is 0 Å². The van der Waals surface area contributed by atoms with Gasteiger partial charge in [0.05, 0.1) is 22.4 Å². The Morgan fingerprint density at radius 3 is 2.67 bits per heavy atom. The van der Waals surface area contributed by atoms with Crippen molar-refractivity contribution in [3.8, 4) is 5.69 Å². The number of hydrogen-bond donors (Lipinski definition) is 2. The smallest absolute Gasteiger partial charge is 0.273 e. The number of nitro groups is 1. The Hall–Kier alpha value is -2.90. The standard InChI is InChI=1S/C10H9N5O3/c11-7-1-8(3-9(2-7)15(17)18)14-5-6(4-13-14)10(12)16/h1-5H,11H2,(H2,12,16). The molecule has 0 saturated carbocycles. The SMILES string of the molecule is NC(=O)c1cnn(-c2cc(N)cc([N+](=O)[O-])c2)c1. The number of carbonyl (C=O) groups is 1. The minimum atomic E-state index is -0.625. The third-order valence-electron chi connectivity index (χ3n) is 2.27. The number of amides is 1. The van der Waals surface area contributed by atoms with E-state index in [9.17, 15) is 14.9 Å². The van der Waals surface area contributed by atoms with E-state index in [1.54, 1.807) is 0 Å². The second kappa shape index (κ2) is 4.17. The van der Waals surface area contributed by atoms with Gasteiger partial charge < -0.3 is 11.5 Å². The van der Waals surface area contributed by atoms with Crippen LogP contribution in [0.3, 0.4) is 0 Å². The molecule has 1 amide bonds. The maximum Gasteiger partial charge on any atom is 0.273 e. The van der Waals surface area contributed by atoms with Crippen LogP contribution in [0.25, 0.3) is 5.69 Å². The molecule has 0 atom stereocenters. The molecule has 0 bridgehead atoms. The topological polar surface area (TPSA) is 130 Å². The van der Waals surface area contributed by atoms with E-state index in [2.05, 4.69) is 5.10 Å². The first-order chi connectivity index (χ1) is 8.47. The molecule has 1 aromatic heterocycles. The van der Waals surface area contributed by atoms with Crippen molar-refractivity contribution in [3.05, 3.63) is 46.3 Å². The van der Waals surface area contributed by atoms with E-state index in [-0.39, 0.29) is 16.9 Å². The van der Waals surface area contributed by atoms with E-state index in [1.165, 1.54) is 35.3 Å². The van der Waals surface area contributed by atoms with Crippen molar-refractivity contribution >= 4 is 17.3 Å². The fourth-order valence-corrected chi connectivity index (χ4v) is 1.45. The zero-order valence-electron chi connectivity index (χ0n) is 9.11. The van der Waals surface area contributed by atoms with Crippen molar-refractivity contribution in [1.82, 2.24) is 9.78 Å². The van der Waals surface area contributed by atoms with Crippen LogP contribution in [0.1, 0.15) is 10.4 Å². The van der Waals surface area contributed by atoms with E-state index in [0.717, 1.165) is 0 Å². The fraction of sp³-hybridized carbons (Fsp3) is 0. The van der Waals surface area contributed by atoms with E-state index in [4.69, 9.17) is 11.5 Å². The van der Waals surface area contributed by atoms with Gasteiger partial charge in [-0.1, -0.05) is 0 Å². The van der Waals surface area contributed by atoms with Gasteiger partial charge in [-0.05, 0) is 6.07 Å². The van der Waals surface area contributed by atoms with Crippen LogP contribution < -0.4 is 11.5 Å². The Labute approximate surface area is 101 Å². The summed E-state index contributed by atoms with van der Waals surface area (Å²) in [5.41, 5.74) is 11.3. The van der Waals surface area contributed by atoms with Gasteiger partial charge in [-0.3, -0.25) is 14.9 Å². The molecule has 0 saturated heterocycles. The molecule has 0 aliphatic carbocycles. The average Bonchev–Trinajstić information content (AvgIpc) is 2.77. The predicted octanol–water partition coefficient (Wildman–Crippen LogP) is 0.462. The molecule has 1 heterocycles. The van der Waals surface area contributed by atoms with Crippen molar-refractivity contribution in [2.24, 2.45) is 5.73 Å². The largest absolute Gasteiger partial charge is 0.398 e. The Morgan fingerprint density at radius 2 is 2.11 bits per heavy atom. The highest BCUT2D eigenvalue weighted by molar-refractivity contribution is 5.92. The van der Waals surface area contributed by atoms with Gasteiger partial charge in [0.1, 0.15) is 0 Å². The van der Waals surface area contributed by atoms with Crippen molar-refractivity contribution in [3.63, 3.8) is 0 Å². The van der Waals surface area contributed by atoms with Crippen LogP contribution in [0.4, 0.5) is 11.4 Å². The molecule has 8 nitrogen and oxygen atoms in total. The van der Waals surface area contributed by atoms with Crippen LogP contribution in [0.15, 0.2) is 30.6 Å². The predicted molar refractivity (Wildman–Crippen MR) is 63.1 cm³/mol. The van der Waals surface area contributed by atoms with Crippen LogP contribution >= 0.6 is 0 Å². The molecule has 2 rings (SSSR count). The Bertz CT molecular complexity index is 634. The molecule has 18 heavy (non-hydrogen) atoms. The van der Waals surface area contributed by atoms with Gasteiger partial charge in [0.25, 0.3) is 11.6 Å². The minimum Gasteiger partial charge on any atom is -0.398 e. The van der Waals surface area contributed by atoms with Crippen LogP contribution in [0, 0.1) is 10.1 Å². The second-order valence-electron chi connectivity index (χ2n) is 3.58. The van der Waals surface area contributed by atoms with Crippen molar-refractivity contribution in [2.45, 2.75) is 0 Å². The summed E-state index contributed by atoms with van der Waals surface area (Å²) >= 11 is 0. The first-order valence-corrected chi connectivity index (χ1v) is 4.87. The molecule has 1 aromatic carbocycles. The first kappa shape index (κ1) is 11.6. The summed E-state index contributed by atoms with van der Waals surface area (Å²) in [6.45, 7) is 0. The van der Waals surface area contributed by atoms with Crippen molar-refractivity contribution < 1.29 is 9.72 Å². The molecule has 0 spiro atoms. The summed E-state index contributed by atoms with van der Waals surface area (Å²) in [5, 5.41) is 14.6. The number of nitro benzene ring substituents is 1. The van der Waals surface area contributed by atoms with Crippen LogP contribution in [0.2, 0.25) is 0 Å². The Morgan fingerprint density at radius 1 is 1.39 bits per heavy atom. The highest BCUT2D eigenvalue weighted by Gasteiger charge is 2.11. The maximum atomic E-state index is 10.9. The Balaban J connectivity index is 2.49. The molecule has 4 N–H and O–H groups in total. The zero-order chi connectivity index (χ0) is 13.3. The van der Waals surface area contributed by atoms with E-state index >= 15 is 0 Å². The summed E-state index contributed by atoms with van der Waals surface area (Å²) in [7, 11) is 0. The van der Waals surface area contributed by atoms with Gasteiger partial charge in [-0.15, -0.1) is 0 Å². The number of non-ortho nitro benzene ring substituents is 1. The normalized spacial score (nSPS) is 10.2. The summed E-state index contributed by atoms with van der Waals surface area (Å²) < 4.78 is 1.30. The lowest BCUT2D eigenvalue weighted by molar-refractivity contribution is -0.384. The fourth-order valence-electron chi connectivity index (χ4n) is 1.45. The third kappa shape index (κ3) is 2.12. The molecule has 2 aromatic rings. The first-order valence-electron chi connectivity index (χ1n) is 4.87. The van der Waals surface area contributed by atoms with Gasteiger partial charge in [0, 0.05) is 24.0 Å². The van der Waals surface area contributed by atoms with E-state index in [0.29, 0.717) is 5.69 Å². The molecule has 0 radical (unpaired) electrons. The molecule has 0 aliphatic heterocycles. The van der Waals surface area contributed by atoms with Crippen LogP contribution in [0.5, 0.6) is 0 Å². The minimum absolute atomic E-state index is 0.152. The number of nitrogen functional groups attached to an aromatic ring is 1. The van der Waals surface area contributed by atoms with Crippen LogP contribution in [-0.2, 0) is 0 Å². The van der Waals surface area contributed by atoms with Crippen molar-refractivity contribution in [1.29, 1.82) is 0 Å². The average molecular weight is 247 g/mol. The summed E-state index contributed by atoms with van der Waals surface area (Å²) in [6, 6.07) is 4.04. The van der Waals surface area contributed by atoms with Crippen molar-refractivity contribution in [2.75, 3.05) is 5.73 Å². The Kier molecular flexibility index (Phi) is 2.68. The number of anilines is 1. The number of rotatable bonds is 3. The number of hydrogen-bond acceptors (Lipinski definition) is 5. The maximum absolute atomic E-state index is 10.9. The number of carbonyl (C=O) groups excluding carboxylic acids is 1. The number of aromatic nitrogens is 2. The monoisotopic (exact) mass is 247 g/mol. The quantitative estimate of drug-likeness (QED) is 0.462. The number of nitrogens with zero attached hydrogens (tertiary/aromatic N) is 3. The lowest BCUT2D eigenvalue weighted by Gasteiger charge is -2.02. The number of benzene rings is 1. The number of primary amides is 1. The van der Waals surface area contributed by atoms with Gasteiger partial charge in [0.2, 0.25) is 0 Å². The van der Waals surface area contributed by atoms with Gasteiger partial charge in [-0.2, -0.15) is 5.10 Å². The number of nitrogens with two attached hydrogens (primary N) is 2. The molecule has 0 unspecified atom stereocenters. The second-order valence-corrected chi connectivity index (χ2v) is 3.58. The lowest BCUT2D eigenvalue weighted by Crippen LogP contribution is -2.09. The lowest BCUT2D eigenvalue weighted by atomic mass is 10.2. The molecule has 0 fully saturated rings. The van der Waals surface area contributed by atoms with E-state index < -0.39 is 10.8 Å². The van der Waals surface area contributed by atoms with Crippen LogP contribution in [-0.4, -0.2) is 20.6 Å². The summed E-state index contributed by atoms with van der Waals surface area (Å²) in [6.07, 6.45) is 2.65. The molecule has 8 heteroatoms. The van der Waals surface area contributed by atoms with Gasteiger partial charge in [-0.25, -0.2) is 4.68 Å². The summed E-state index contributed by atoms with van der Waals surface area (Å²) in [5.74, 6) is -0.625.